The van der Waals surface area contributed by atoms with Crippen molar-refractivity contribution in [2.45, 2.75) is 18.9 Å². The number of nitrogens with zero attached hydrogens (tertiary/aromatic N) is 1. The van der Waals surface area contributed by atoms with E-state index in [0.29, 0.717) is 23.8 Å². The van der Waals surface area contributed by atoms with E-state index in [-0.39, 0.29) is 11.8 Å². The second-order valence-corrected chi connectivity index (χ2v) is 8.04. The average Bonchev–Trinajstić information content (AvgIpc) is 3.40. The standard InChI is InChI=1S/C23H23N3O2S/c27-22(16-26-14-6-12-20(26)21-13-7-15-29-21)25-19-11-5-4-10-18(19)23(28)24-17-8-2-1-3-9-17/h1-5,7-11,13,15,20H,6,12,14,16H2,(H,24,28)(H,25,27)/t20-/m0/s1. The average molecular weight is 406 g/mol. The van der Waals surface area contributed by atoms with Crippen molar-refractivity contribution < 1.29 is 9.59 Å². The minimum Gasteiger partial charge on any atom is -0.324 e. The molecule has 2 heterocycles. The lowest BCUT2D eigenvalue weighted by Gasteiger charge is -2.23. The Labute approximate surface area is 174 Å². The van der Waals surface area contributed by atoms with Gasteiger partial charge in [-0.25, -0.2) is 0 Å². The van der Waals surface area contributed by atoms with Crippen LogP contribution in [-0.2, 0) is 4.79 Å². The van der Waals surface area contributed by atoms with Crippen LogP contribution < -0.4 is 10.6 Å². The molecule has 5 nitrogen and oxygen atoms in total. The molecule has 4 rings (SSSR count). The maximum Gasteiger partial charge on any atom is 0.257 e. The van der Waals surface area contributed by atoms with Crippen molar-refractivity contribution in [3.8, 4) is 0 Å². The first-order valence-electron chi connectivity index (χ1n) is 9.73. The number of carbonyl (C=O) groups excluding carboxylic acids is 2. The number of rotatable bonds is 6. The van der Waals surface area contributed by atoms with E-state index in [0.717, 1.165) is 25.1 Å². The van der Waals surface area contributed by atoms with Gasteiger partial charge < -0.3 is 10.6 Å². The zero-order chi connectivity index (χ0) is 20.1. The highest BCUT2D eigenvalue weighted by Gasteiger charge is 2.28. The smallest absolute Gasteiger partial charge is 0.257 e. The molecule has 0 unspecified atom stereocenters. The molecule has 1 aliphatic rings. The van der Waals surface area contributed by atoms with Gasteiger partial charge in [-0.05, 0) is 55.1 Å². The Morgan fingerprint density at radius 1 is 0.966 bits per heavy atom. The fourth-order valence-corrected chi connectivity index (χ4v) is 4.60. The second-order valence-electron chi connectivity index (χ2n) is 7.06. The van der Waals surface area contributed by atoms with Gasteiger partial charge in [-0.15, -0.1) is 11.3 Å². The number of hydrogen-bond donors (Lipinski definition) is 2. The van der Waals surface area contributed by atoms with Crippen LogP contribution in [-0.4, -0.2) is 29.8 Å². The van der Waals surface area contributed by atoms with Gasteiger partial charge >= 0.3 is 0 Å². The molecule has 2 amide bonds. The Balaban J connectivity index is 1.43. The van der Waals surface area contributed by atoms with Crippen molar-refractivity contribution in [1.29, 1.82) is 0 Å². The summed E-state index contributed by atoms with van der Waals surface area (Å²) in [6, 6.07) is 20.9. The van der Waals surface area contributed by atoms with Crippen LogP contribution >= 0.6 is 11.3 Å². The third-order valence-electron chi connectivity index (χ3n) is 5.06. The molecule has 1 atom stereocenters. The number of likely N-dealkylation sites (tertiary alicyclic amines) is 1. The van der Waals surface area contributed by atoms with Crippen LogP contribution in [0.2, 0.25) is 0 Å². The lowest BCUT2D eigenvalue weighted by Crippen LogP contribution is -2.33. The molecule has 0 aliphatic carbocycles. The number of nitrogens with one attached hydrogen (secondary N) is 2. The van der Waals surface area contributed by atoms with Crippen molar-refractivity contribution in [3.63, 3.8) is 0 Å². The summed E-state index contributed by atoms with van der Waals surface area (Å²) >= 11 is 1.74. The van der Waals surface area contributed by atoms with E-state index in [9.17, 15) is 9.59 Å². The molecule has 2 aromatic carbocycles. The van der Waals surface area contributed by atoms with Gasteiger partial charge in [0.25, 0.3) is 5.91 Å². The van der Waals surface area contributed by atoms with Crippen LogP contribution in [0.25, 0.3) is 0 Å². The van der Waals surface area contributed by atoms with E-state index >= 15 is 0 Å². The number of hydrogen-bond acceptors (Lipinski definition) is 4. The van der Waals surface area contributed by atoms with E-state index in [4.69, 9.17) is 0 Å². The SMILES string of the molecule is O=C(CN1CCC[C@H]1c1cccs1)Nc1ccccc1C(=O)Nc1ccccc1. The van der Waals surface area contributed by atoms with Gasteiger partial charge in [0.2, 0.25) is 5.91 Å². The highest BCUT2D eigenvalue weighted by atomic mass is 32.1. The molecule has 0 bridgehead atoms. The first kappa shape index (κ1) is 19.4. The summed E-state index contributed by atoms with van der Waals surface area (Å²) in [5, 5.41) is 7.88. The van der Waals surface area contributed by atoms with Gasteiger partial charge in [-0.2, -0.15) is 0 Å². The number of para-hydroxylation sites is 2. The zero-order valence-electron chi connectivity index (χ0n) is 16.0. The molecule has 29 heavy (non-hydrogen) atoms. The Morgan fingerprint density at radius 2 is 1.76 bits per heavy atom. The highest BCUT2D eigenvalue weighted by Crippen LogP contribution is 2.34. The molecule has 0 radical (unpaired) electrons. The Morgan fingerprint density at radius 3 is 2.55 bits per heavy atom. The zero-order valence-corrected chi connectivity index (χ0v) is 16.8. The lowest BCUT2D eigenvalue weighted by atomic mass is 10.1. The summed E-state index contributed by atoms with van der Waals surface area (Å²) in [7, 11) is 0. The van der Waals surface area contributed by atoms with Crippen LogP contribution in [0.15, 0.2) is 72.1 Å². The van der Waals surface area contributed by atoms with Gasteiger partial charge in [0.1, 0.15) is 0 Å². The first-order valence-corrected chi connectivity index (χ1v) is 10.6. The van der Waals surface area contributed by atoms with Crippen LogP contribution in [0.3, 0.4) is 0 Å². The minimum atomic E-state index is -0.246. The van der Waals surface area contributed by atoms with Crippen molar-refractivity contribution in [1.82, 2.24) is 4.90 Å². The minimum absolute atomic E-state index is 0.103. The van der Waals surface area contributed by atoms with Gasteiger partial charge in [0.15, 0.2) is 0 Å². The summed E-state index contributed by atoms with van der Waals surface area (Å²) in [6.45, 7) is 1.23. The number of benzene rings is 2. The summed E-state index contributed by atoms with van der Waals surface area (Å²) in [6.07, 6.45) is 2.16. The van der Waals surface area contributed by atoms with Crippen LogP contribution in [0.5, 0.6) is 0 Å². The summed E-state index contributed by atoms with van der Waals surface area (Å²) in [5.74, 6) is -0.349. The molecule has 1 aromatic heterocycles. The van der Waals surface area contributed by atoms with Gasteiger partial charge in [0.05, 0.1) is 17.8 Å². The number of carbonyl (C=O) groups is 2. The van der Waals surface area contributed by atoms with Crippen LogP contribution in [0.4, 0.5) is 11.4 Å². The maximum absolute atomic E-state index is 12.7. The summed E-state index contributed by atoms with van der Waals surface area (Å²) in [4.78, 5) is 29.0. The van der Waals surface area contributed by atoms with Gasteiger partial charge in [-0.3, -0.25) is 14.5 Å². The topological polar surface area (TPSA) is 61.4 Å². The Bertz CT molecular complexity index is 973. The fourth-order valence-electron chi connectivity index (χ4n) is 3.70. The Hall–Kier alpha value is -2.96. The summed E-state index contributed by atoms with van der Waals surface area (Å²) < 4.78 is 0. The maximum atomic E-state index is 12.7. The molecule has 0 saturated carbocycles. The molecule has 148 valence electrons. The lowest BCUT2D eigenvalue weighted by molar-refractivity contribution is -0.117. The fraction of sp³-hybridized carbons (Fsp3) is 0.217. The van der Waals surface area contributed by atoms with E-state index in [2.05, 4.69) is 33.0 Å². The molecule has 1 aliphatic heterocycles. The third-order valence-corrected chi connectivity index (χ3v) is 6.03. The predicted octanol–water partition coefficient (Wildman–Crippen LogP) is 4.78. The van der Waals surface area contributed by atoms with E-state index < -0.39 is 0 Å². The molecule has 3 aromatic rings. The van der Waals surface area contributed by atoms with E-state index in [1.165, 1.54) is 4.88 Å². The molecular formula is C23H23N3O2S. The van der Waals surface area contributed by atoms with Crippen molar-refractivity contribution >= 4 is 34.5 Å². The first-order chi connectivity index (χ1) is 14.2. The van der Waals surface area contributed by atoms with Gasteiger partial charge in [-0.1, -0.05) is 36.4 Å². The van der Waals surface area contributed by atoms with E-state index in [1.54, 1.807) is 29.5 Å². The van der Waals surface area contributed by atoms with Crippen molar-refractivity contribution in [2.75, 3.05) is 23.7 Å². The largest absolute Gasteiger partial charge is 0.324 e. The molecular weight excluding hydrogens is 382 g/mol. The molecule has 0 spiro atoms. The molecule has 2 N–H and O–H groups in total. The van der Waals surface area contributed by atoms with Crippen LogP contribution in [0, 0.1) is 0 Å². The Kier molecular flexibility index (Phi) is 6.03. The monoisotopic (exact) mass is 405 g/mol. The highest BCUT2D eigenvalue weighted by molar-refractivity contribution is 7.10. The van der Waals surface area contributed by atoms with Crippen molar-refractivity contribution in [3.05, 3.63) is 82.6 Å². The third kappa shape index (κ3) is 4.72. The number of anilines is 2. The molecule has 1 fully saturated rings. The second kappa shape index (κ2) is 9.03. The normalized spacial score (nSPS) is 16.5. The summed E-state index contributed by atoms with van der Waals surface area (Å²) in [5.41, 5.74) is 1.69. The number of amides is 2. The van der Waals surface area contributed by atoms with Crippen molar-refractivity contribution in [2.24, 2.45) is 0 Å². The molecule has 1 saturated heterocycles. The van der Waals surface area contributed by atoms with E-state index in [1.807, 2.05) is 36.4 Å². The number of thiophene rings is 1. The van der Waals surface area contributed by atoms with Crippen LogP contribution in [0.1, 0.15) is 34.1 Å². The molecule has 6 heteroatoms. The quantitative estimate of drug-likeness (QED) is 0.621. The van der Waals surface area contributed by atoms with Gasteiger partial charge in [0, 0.05) is 16.6 Å². The predicted molar refractivity (Wildman–Crippen MR) is 117 cm³/mol.